The zero-order chi connectivity index (χ0) is 15.9. The standard InChI is InChI=1S/C17H27F2N/c1-10(2)14-13(17(6,7)8)12(15(18)19)11(9-20-14)16(3,4)5/h9-10,15H,1-8H3. The van der Waals surface area contributed by atoms with Gasteiger partial charge in [-0.2, -0.15) is 0 Å². The summed E-state index contributed by atoms with van der Waals surface area (Å²) >= 11 is 0. The highest BCUT2D eigenvalue weighted by atomic mass is 19.3. The fourth-order valence-electron chi connectivity index (χ4n) is 2.59. The summed E-state index contributed by atoms with van der Waals surface area (Å²) in [6, 6.07) is 0. The van der Waals surface area contributed by atoms with Crippen LogP contribution in [0.5, 0.6) is 0 Å². The molecule has 0 aliphatic carbocycles. The maximum atomic E-state index is 13.8. The van der Waals surface area contributed by atoms with Crippen LogP contribution in [0.1, 0.15) is 90.1 Å². The van der Waals surface area contributed by atoms with Crippen molar-refractivity contribution in [3.05, 3.63) is 28.6 Å². The predicted molar refractivity (Wildman–Crippen MR) is 80.7 cm³/mol. The summed E-state index contributed by atoms with van der Waals surface area (Å²) in [5, 5.41) is 0. The lowest BCUT2D eigenvalue weighted by Gasteiger charge is -2.32. The Morgan fingerprint density at radius 1 is 0.950 bits per heavy atom. The molecular weight excluding hydrogens is 256 g/mol. The average molecular weight is 283 g/mol. The summed E-state index contributed by atoms with van der Waals surface area (Å²) < 4.78 is 27.5. The van der Waals surface area contributed by atoms with E-state index in [1.165, 1.54) is 0 Å². The zero-order valence-corrected chi connectivity index (χ0v) is 13.9. The van der Waals surface area contributed by atoms with Crippen molar-refractivity contribution in [2.24, 2.45) is 0 Å². The number of hydrogen-bond acceptors (Lipinski definition) is 1. The summed E-state index contributed by atoms with van der Waals surface area (Å²) in [4.78, 5) is 4.52. The minimum Gasteiger partial charge on any atom is -0.260 e. The molecule has 1 nitrogen and oxygen atoms in total. The molecule has 0 atom stereocenters. The molecule has 0 saturated carbocycles. The van der Waals surface area contributed by atoms with Crippen LogP contribution in [-0.4, -0.2) is 4.98 Å². The smallest absolute Gasteiger partial charge is 0.260 e. The van der Waals surface area contributed by atoms with Gasteiger partial charge in [-0.25, -0.2) is 8.78 Å². The molecule has 0 N–H and O–H groups in total. The van der Waals surface area contributed by atoms with E-state index in [2.05, 4.69) is 4.98 Å². The lowest BCUT2D eigenvalue weighted by atomic mass is 9.75. The Labute approximate surface area is 121 Å². The maximum Gasteiger partial charge on any atom is 0.264 e. The third kappa shape index (κ3) is 3.36. The largest absolute Gasteiger partial charge is 0.264 e. The van der Waals surface area contributed by atoms with Crippen LogP contribution in [0, 0.1) is 0 Å². The molecule has 0 spiro atoms. The van der Waals surface area contributed by atoms with E-state index in [4.69, 9.17) is 0 Å². The van der Waals surface area contributed by atoms with E-state index in [0.29, 0.717) is 5.56 Å². The van der Waals surface area contributed by atoms with Crippen molar-refractivity contribution in [3.8, 4) is 0 Å². The van der Waals surface area contributed by atoms with E-state index in [1.54, 1.807) is 6.20 Å². The van der Waals surface area contributed by atoms with Crippen molar-refractivity contribution in [1.82, 2.24) is 4.98 Å². The average Bonchev–Trinajstić information content (AvgIpc) is 2.24. The monoisotopic (exact) mass is 283 g/mol. The number of hydrogen-bond donors (Lipinski definition) is 0. The summed E-state index contributed by atoms with van der Waals surface area (Å²) in [7, 11) is 0. The normalized spacial score (nSPS) is 13.4. The van der Waals surface area contributed by atoms with Gasteiger partial charge < -0.3 is 0 Å². The minimum atomic E-state index is -2.47. The topological polar surface area (TPSA) is 12.9 Å². The quantitative estimate of drug-likeness (QED) is 0.674. The summed E-state index contributed by atoms with van der Waals surface area (Å²) in [6.07, 6.45) is -0.828. The lowest BCUT2D eigenvalue weighted by molar-refractivity contribution is 0.145. The Kier molecular flexibility index (Phi) is 4.62. The highest BCUT2D eigenvalue weighted by molar-refractivity contribution is 5.45. The molecule has 0 aliphatic rings. The molecule has 20 heavy (non-hydrogen) atoms. The SMILES string of the molecule is CC(C)c1ncc(C(C)(C)C)c(C(F)F)c1C(C)(C)C. The van der Waals surface area contributed by atoms with Crippen LogP contribution in [0.25, 0.3) is 0 Å². The van der Waals surface area contributed by atoms with Crippen LogP contribution in [0.3, 0.4) is 0 Å². The third-order valence-electron chi connectivity index (χ3n) is 3.47. The van der Waals surface area contributed by atoms with Gasteiger partial charge in [0.1, 0.15) is 0 Å². The van der Waals surface area contributed by atoms with Crippen LogP contribution in [0.15, 0.2) is 6.20 Å². The molecule has 0 saturated heterocycles. The zero-order valence-electron chi connectivity index (χ0n) is 13.9. The highest BCUT2D eigenvalue weighted by Crippen LogP contribution is 2.41. The molecule has 3 heteroatoms. The number of aromatic nitrogens is 1. The van der Waals surface area contributed by atoms with Crippen LogP contribution >= 0.6 is 0 Å². The number of pyridine rings is 1. The first-order valence-electron chi connectivity index (χ1n) is 7.19. The lowest BCUT2D eigenvalue weighted by Crippen LogP contribution is -2.25. The molecule has 1 heterocycles. The molecule has 0 unspecified atom stereocenters. The van der Waals surface area contributed by atoms with E-state index in [1.807, 2.05) is 55.4 Å². The molecule has 1 rings (SSSR count). The molecule has 0 fully saturated rings. The van der Waals surface area contributed by atoms with Gasteiger partial charge in [-0.15, -0.1) is 0 Å². The van der Waals surface area contributed by atoms with Gasteiger partial charge in [-0.3, -0.25) is 4.98 Å². The van der Waals surface area contributed by atoms with E-state index in [-0.39, 0.29) is 22.3 Å². The number of rotatable bonds is 2. The van der Waals surface area contributed by atoms with E-state index < -0.39 is 6.43 Å². The molecule has 1 aromatic heterocycles. The molecule has 0 aliphatic heterocycles. The Hall–Kier alpha value is -0.990. The van der Waals surface area contributed by atoms with Gasteiger partial charge in [0.2, 0.25) is 0 Å². The van der Waals surface area contributed by atoms with Gasteiger partial charge >= 0.3 is 0 Å². The van der Waals surface area contributed by atoms with E-state index in [0.717, 1.165) is 11.3 Å². The van der Waals surface area contributed by atoms with Gasteiger partial charge in [0.25, 0.3) is 6.43 Å². The second kappa shape index (κ2) is 5.42. The van der Waals surface area contributed by atoms with Crippen molar-refractivity contribution in [2.75, 3.05) is 0 Å². The predicted octanol–water partition coefficient (Wildman–Crippen LogP) is 5.74. The Morgan fingerprint density at radius 3 is 1.75 bits per heavy atom. The molecule has 0 bridgehead atoms. The first kappa shape index (κ1) is 17.1. The number of alkyl halides is 2. The van der Waals surface area contributed by atoms with Gasteiger partial charge in [-0.05, 0) is 27.9 Å². The Morgan fingerprint density at radius 2 is 1.45 bits per heavy atom. The minimum absolute atomic E-state index is 0.135. The van der Waals surface area contributed by atoms with Gasteiger partial charge in [0.15, 0.2) is 0 Å². The molecule has 0 aromatic carbocycles. The third-order valence-corrected chi connectivity index (χ3v) is 3.47. The van der Waals surface area contributed by atoms with Crippen LogP contribution in [-0.2, 0) is 10.8 Å². The second-order valence-electron chi connectivity index (χ2n) is 7.80. The molecule has 114 valence electrons. The van der Waals surface area contributed by atoms with Crippen molar-refractivity contribution in [3.63, 3.8) is 0 Å². The molecule has 0 radical (unpaired) electrons. The van der Waals surface area contributed by atoms with Crippen molar-refractivity contribution < 1.29 is 8.78 Å². The van der Waals surface area contributed by atoms with E-state index >= 15 is 0 Å². The first-order chi connectivity index (χ1) is 8.87. The Balaban J connectivity index is 3.81. The van der Waals surface area contributed by atoms with Crippen LogP contribution in [0.4, 0.5) is 8.78 Å². The van der Waals surface area contributed by atoms with Gasteiger partial charge in [0, 0.05) is 17.5 Å². The maximum absolute atomic E-state index is 13.8. The summed E-state index contributed by atoms with van der Waals surface area (Å²) in [6.45, 7) is 15.8. The van der Waals surface area contributed by atoms with E-state index in [9.17, 15) is 8.78 Å². The summed E-state index contributed by atoms with van der Waals surface area (Å²) in [5.41, 5.74) is 1.66. The fourth-order valence-corrected chi connectivity index (χ4v) is 2.59. The number of nitrogens with zero attached hydrogens (tertiary/aromatic N) is 1. The van der Waals surface area contributed by atoms with Crippen molar-refractivity contribution >= 4 is 0 Å². The molecule has 0 amide bonds. The van der Waals surface area contributed by atoms with Crippen LogP contribution in [0.2, 0.25) is 0 Å². The Bertz CT molecular complexity index is 477. The van der Waals surface area contributed by atoms with Crippen molar-refractivity contribution in [2.45, 2.75) is 78.6 Å². The van der Waals surface area contributed by atoms with Gasteiger partial charge in [0.05, 0.1) is 0 Å². The first-order valence-corrected chi connectivity index (χ1v) is 7.19. The fraction of sp³-hybridized carbons (Fsp3) is 0.706. The van der Waals surface area contributed by atoms with Crippen LogP contribution < -0.4 is 0 Å². The van der Waals surface area contributed by atoms with Gasteiger partial charge in [-0.1, -0.05) is 55.4 Å². The summed E-state index contributed by atoms with van der Waals surface area (Å²) in [5.74, 6) is 0.135. The number of halogens is 2. The highest BCUT2D eigenvalue weighted by Gasteiger charge is 2.33. The van der Waals surface area contributed by atoms with Crippen molar-refractivity contribution in [1.29, 1.82) is 0 Å². The molecular formula is C17H27F2N. The second-order valence-corrected chi connectivity index (χ2v) is 7.80. The molecule has 1 aromatic rings.